The molecule has 0 spiro atoms. The quantitative estimate of drug-likeness (QED) is 0.641. The van der Waals surface area contributed by atoms with Gasteiger partial charge >= 0.3 is 5.97 Å². The molecule has 0 saturated heterocycles. The summed E-state index contributed by atoms with van der Waals surface area (Å²) < 4.78 is 15.8. The van der Waals surface area contributed by atoms with Crippen molar-refractivity contribution in [3.63, 3.8) is 0 Å². The number of hydrogen-bond acceptors (Lipinski definition) is 7. The Hall–Kier alpha value is -3.39. The summed E-state index contributed by atoms with van der Waals surface area (Å²) in [6.45, 7) is 1.76. The molecule has 0 unspecified atom stereocenters. The van der Waals surface area contributed by atoms with E-state index in [0.717, 1.165) is 0 Å². The minimum absolute atomic E-state index is 0.00834. The largest absolute Gasteiger partial charge is 0.461 e. The number of carbonyl (C=O) groups excluding carboxylic acids is 1. The van der Waals surface area contributed by atoms with Crippen LogP contribution in [0.1, 0.15) is 16.8 Å². The molecule has 0 fully saturated rings. The smallest absolute Gasteiger partial charge is 0.310 e. The van der Waals surface area contributed by atoms with Crippen LogP contribution >= 0.6 is 11.6 Å². The minimum Gasteiger partial charge on any atom is -0.461 e. The number of hydrogen-bond donors (Lipinski definition) is 1. The third-order valence-corrected chi connectivity index (χ3v) is 4.62. The van der Waals surface area contributed by atoms with Crippen LogP contribution in [-0.2, 0) is 22.6 Å². The summed E-state index contributed by atoms with van der Waals surface area (Å²) in [5, 5.41) is 0.382. The van der Waals surface area contributed by atoms with Gasteiger partial charge in [0.2, 0.25) is 6.79 Å². The van der Waals surface area contributed by atoms with Crippen LogP contribution in [0.2, 0.25) is 5.02 Å². The van der Waals surface area contributed by atoms with Crippen molar-refractivity contribution >= 4 is 17.6 Å². The van der Waals surface area contributed by atoms with E-state index in [2.05, 4.69) is 15.0 Å². The van der Waals surface area contributed by atoms with Gasteiger partial charge in [-0.1, -0.05) is 17.7 Å². The SMILES string of the molecule is Cc1nc(-c2ccccn2)[nH]c(=O)c1CC(=O)OCc1cc(Cl)c2c(c1)OCO2. The van der Waals surface area contributed by atoms with Crippen LogP contribution < -0.4 is 15.0 Å². The molecule has 8 nitrogen and oxygen atoms in total. The van der Waals surface area contributed by atoms with Crippen LogP contribution in [-0.4, -0.2) is 27.7 Å². The first-order chi connectivity index (χ1) is 14.0. The molecule has 29 heavy (non-hydrogen) atoms. The fourth-order valence-electron chi connectivity index (χ4n) is 2.91. The third-order valence-electron chi connectivity index (χ3n) is 4.34. The molecular formula is C20H16ClN3O5. The Balaban J connectivity index is 1.45. The van der Waals surface area contributed by atoms with E-state index in [1.165, 1.54) is 0 Å². The van der Waals surface area contributed by atoms with E-state index in [4.69, 9.17) is 25.8 Å². The van der Waals surface area contributed by atoms with E-state index in [-0.39, 0.29) is 25.4 Å². The van der Waals surface area contributed by atoms with E-state index in [1.807, 2.05) is 0 Å². The molecule has 2 aromatic heterocycles. The number of benzene rings is 1. The van der Waals surface area contributed by atoms with Gasteiger partial charge in [-0.05, 0) is 36.8 Å². The summed E-state index contributed by atoms with van der Waals surface area (Å²) in [6, 6.07) is 8.64. The number of esters is 1. The van der Waals surface area contributed by atoms with Crippen LogP contribution in [0.3, 0.4) is 0 Å². The molecule has 9 heteroatoms. The second-order valence-electron chi connectivity index (χ2n) is 6.34. The predicted molar refractivity (Wildman–Crippen MR) is 104 cm³/mol. The molecule has 0 aliphatic carbocycles. The molecule has 0 radical (unpaired) electrons. The molecule has 0 bridgehead atoms. The standard InChI is InChI=1S/C20H16ClN3O5/c1-11-13(20(26)24-19(23-11)15-4-2-3-5-22-15)8-17(25)27-9-12-6-14(21)18-16(7-12)28-10-29-18/h2-7H,8-10H2,1H3,(H,23,24,26). The Labute approximate surface area is 170 Å². The zero-order valence-electron chi connectivity index (χ0n) is 15.4. The molecule has 3 heterocycles. The number of nitrogens with zero attached hydrogens (tertiary/aromatic N) is 2. The fraction of sp³-hybridized carbons (Fsp3) is 0.200. The van der Waals surface area contributed by atoms with Crippen molar-refractivity contribution in [2.45, 2.75) is 20.0 Å². The van der Waals surface area contributed by atoms with Gasteiger partial charge in [0.05, 0.1) is 11.4 Å². The van der Waals surface area contributed by atoms with Gasteiger partial charge in [-0.2, -0.15) is 0 Å². The molecule has 3 aromatic rings. The molecule has 1 aliphatic rings. The molecule has 0 atom stereocenters. The fourth-order valence-corrected chi connectivity index (χ4v) is 3.19. The van der Waals surface area contributed by atoms with Crippen LogP contribution in [0.25, 0.3) is 11.5 Å². The van der Waals surface area contributed by atoms with Crippen molar-refractivity contribution in [3.05, 3.63) is 68.7 Å². The maximum absolute atomic E-state index is 12.4. The van der Waals surface area contributed by atoms with Crippen LogP contribution in [0.4, 0.5) is 0 Å². The second kappa shape index (κ2) is 7.92. The van der Waals surface area contributed by atoms with E-state index in [9.17, 15) is 9.59 Å². The number of rotatable bonds is 5. The van der Waals surface area contributed by atoms with Gasteiger partial charge < -0.3 is 19.2 Å². The summed E-state index contributed by atoms with van der Waals surface area (Å²) >= 11 is 6.12. The average molecular weight is 414 g/mol. The third kappa shape index (κ3) is 4.07. The lowest BCUT2D eigenvalue weighted by molar-refractivity contribution is -0.144. The number of pyridine rings is 1. The zero-order valence-corrected chi connectivity index (χ0v) is 16.2. The summed E-state index contributed by atoms with van der Waals surface area (Å²) in [5.74, 6) is 0.771. The second-order valence-corrected chi connectivity index (χ2v) is 6.75. The Morgan fingerprint density at radius 2 is 2.17 bits per heavy atom. The average Bonchev–Trinajstić information content (AvgIpc) is 3.19. The van der Waals surface area contributed by atoms with Gasteiger partial charge in [0, 0.05) is 17.5 Å². The lowest BCUT2D eigenvalue weighted by Gasteiger charge is -2.09. The summed E-state index contributed by atoms with van der Waals surface area (Å²) in [6.07, 6.45) is 1.41. The van der Waals surface area contributed by atoms with Gasteiger partial charge in [-0.25, -0.2) is 4.98 Å². The normalized spacial score (nSPS) is 12.1. The van der Waals surface area contributed by atoms with Gasteiger partial charge in [0.15, 0.2) is 17.3 Å². The van der Waals surface area contributed by atoms with Crippen molar-refractivity contribution in [1.82, 2.24) is 15.0 Å². The lowest BCUT2D eigenvalue weighted by Crippen LogP contribution is -2.21. The zero-order chi connectivity index (χ0) is 20.4. The highest BCUT2D eigenvalue weighted by Gasteiger charge is 2.19. The van der Waals surface area contributed by atoms with E-state index in [0.29, 0.717) is 39.3 Å². The Bertz CT molecular complexity index is 1130. The molecule has 148 valence electrons. The molecule has 1 aliphatic heterocycles. The van der Waals surface area contributed by atoms with Crippen molar-refractivity contribution in [3.8, 4) is 23.0 Å². The van der Waals surface area contributed by atoms with Crippen LogP contribution in [0, 0.1) is 6.92 Å². The van der Waals surface area contributed by atoms with Gasteiger partial charge in [-0.3, -0.25) is 14.6 Å². The first-order valence-electron chi connectivity index (χ1n) is 8.76. The van der Waals surface area contributed by atoms with Crippen molar-refractivity contribution in [2.75, 3.05) is 6.79 Å². The Morgan fingerprint density at radius 3 is 2.93 bits per heavy atom. The van der Waals surface area contributed by atoms with E-state index in [1.54, 1.807) is 43.5 Å². The molecule has 1 N–H and O–H groups in total. The Kier molecular flexibility index (Phi) is 5.18. The summed E-state index contributed by atoms with van der Waals surface area (Å²) in [5.41, 5.74) is 1.49. The topological polar surface area (TPSA) is 103 Å². The van der Waals surface area contributed by atoms with Gasteiger partial charge in [0.25, 0.3) is 5.56 Å². The van der Waals surface area contributed by atoms with Crippen molar-refractivity contribution < 1.29 is 19.0 Å². The highest BCUT2D eigenvalue weighted by molar-refractivity contribution is 6.32. The van der Waals surface area contributed by atoms with E-state index < -0.39 is 11.5 Å². The number of halogens is 1. The number of aromatic amines is 1. The number of fused-ring (bicyclic) bond motifs is 1. The van der Waals surface area contributed by atoms with E-state index >= 15 is 0 Å². The van der Waals surface area contributed by atoms with Gasteiger partial charge in [0.1, 0.15) is 12.3 Å². The monoisotopic (exact) mass is 413 g/mol. The summed E-state index contributed by atoms with van der Waals surface area (Å²) in [7, 11) is 0. The first-order valence-corrected chi connectivity index (χ1v) is 9.14. The molecule has 1 aromatic carbocycles. The molecular weight excluding hydrogens is 398 g/mol. The summed E-state index contributed by atoms with van der Waals surface area (Å²) in [4.78, 5) is 35.9. The maximum atomic E-state index is 12.4. The molecule has 0 amide bonds. The highest BCUT2D eigenvalue weighted by atomic mass is 35.5. The molecule has 0 saturated carbocycles. The first kappa shape index (κ1) is 18.9. The number of aryl methyl sites for hydroxylation is 1. The number of aromatic nitrogens is 3. The number of H-pyrrole nitrogens is 1. The Morgan fingerprint density at radius 1 is 1.31 bits per heavy atom. The number of carbonyl (C=O) groups is 1. The van der Waals surface area contributed by atoms with Crippen LogP contribution in [0.5, 0.6) is 11.5 Å². The highest BCUT2D eigenvalue weighted by Crippen LogP contribution is 2.39. The van der Waals surface area contributed by atoms with Gasteiger partial charge in [-0.15, -0.1) is 0 Å². The predicted octanol–water partition coefficient (Wildman–Crippen LogP) is 2.81. The van der Waals surface area contributed by atoms with Crippen molar-refractivity contribution in [2.24, 2.45) is 0 Å². The van der Waals surface area contributed by atoms with Crippen molar-refractivity contribution in [1.29, 1.82) is 0 Å². The maximum Gasteiger partial charge on any atom is 0.310 e. The molecule has 4 rings (SSSR count). The lowest BCUT2D eigenvalue weighted by atomic mass is 10.1. The number of nitrogens with one attached hydrogen (secondary N) is 1. The number of ether oxygens (including phenoxy) is 3. The minimum atomic E-state index is -0.556. The van der Waals surface area contributed by atoms with Crippen LogP contribution in [0.15, 0.2) is 41.3 Å².